The number of nitrogens with zero attached hydrogens (tertiary/aromatic N) is 1. The first-order chi connectivity index (χ1) is 15.0. The van der Waals surface area contributed by atoms with Crippen molar-refractivity contribution in [1.82, 2.24) is 10.6 Å². The SMILES string of the molecule is O=C(NCCN(C(=O)Nc1ccc(Cl)cc1)c1ccc(F)cc1)NCc1ccccc1. The van der Waals surface area contributed by atoms with E-state index in [1.165, 1.54) is 29.2 Å². The number of rotatable bonds is 7. The highest BCUT2D eigenvalue weighted by atomic mass is 35.5. The van der Waals surface area contributed by atoms with Gasteiger partial charge in [-0.15, -0.1) is 0 Å². The molecule has 3 N–H and O–H groups in total. The standard InChI is InChI=1S/C23H22ClFN4O2/c24-18-6-10-20(11-7-18)28-23(31)29(21-12-8-19(25)9-13-21)15-14-26-22(30)27-16-17-4-2-1-3-5-17/h1-13H,14-16H2,(H,28,31)(H2,26,27,30). The fraction of sp³-hybridized carbons (Fsp3) is 0.130. The average Bonchev–Trinajstić information content (AvgIpc) is 2.78. The van der Waals surface area contributed by atoms with Gasteiger partial charge >= 0.3 is 12.1 Å². The van der Waals surface area contributed by atoms with E-state index in [-0.39, 0.29) is 19.1 Å². The summed E-state index contributed by atoms with van der Waals surface area (Å²) < 4.78 is 13.3. The molecule has 0 aliphatic carbocycles. The van der Waals surface area contributed by atoms with Crippen LogP contribution in [0, 0.1) is 5.82 Å². The van der Waals surface area contributed by atoms with Gasteiger partial charge < -0.3 is 16.0 Å². The molecule has 0 saturated carbocycles. The molecule has 8 heteroatoms. The van der Waals surface area contributed by atoms with Crippen LogP contribution in [0.2, 0.25) is 5.02 Å². The van der Waals surface area contributed by atoms with Crippen LogP contribution < -0.4 is 20.9 Å². The van der Waals surface area contributed by atoms with Gasteiger partial charge in [0.05, 0.1) is 0 Å². The first-order valence-corrected chi connectivity index (χ1v) is 10.0. The van der Waals surface area contributed by atoms with E-state index >= 15 is 0 Å². The van der Waals surface area contributed by atoms with Crippen molar-refractivity contribution in [1.29, 1.82) is 0 Å². The lowest BCUT2D eigenvalue weighted by Gasteiger charge is -2.23. The molecule has 0 fully saturated rings. The molecule has 3 rings (SSSR count). The lowest BCUT2D eigenvalue weighted by atomic mass is 10.2. The van der Waals surface area contributed by atoms with Crippen molar-refractivity contribution in [3.05, 3.63) is 95.3 Å². The summed E-state index contributed by atoms with van der Waals surface area (Å²) in [5.41, 5.74) is 2.04. The Balaban J connectivity index is 1.58. The maximum atomic E-state index is 13.3. The minimum absolute atomic E-state index is 0.184. The summed E-state index contributed by atoms with van der Waals surface area (Å²) in [5.74, 6) is -0.403. The number of halogens is 2. The Morgan fingerprint density at radius 1 is 0.871 bits per heavy atom. The van der Waals surface area contributed by atoms with Crippen LogP contribution in [0.15, 0.2) is 78.9 Å². The monoisotopic (exact) mass is 440 g/mol. The van der Waals surface area contributed by atoms with Gasteiger partial charge in [-0.2, -0.15) is 0 Å². The fourth-order valence-electron chi connectivity index (χ4n) is 2.82. The molecule has 0 aliphatic heterocycles. The predicted molar refractivity (Wildman–Crippen MR) is 121 cm³/mol. The van der Waals surface area contributed by atoms with Gasteiger partial charge in [-0.25, -0.2) is 14.0 Å². The number of benzene rings is 3. The quantitative estimate of drug-likeness (QED) is 0.482. The van der Waals surface area contributed by atoms with E-state index in [9.17, 15) is 14.0 Å². The lowest BCUT2D eigenvalue weighted by Crippen LogP contribution is -2.43. The van der Waals surface area contributed by atoms with Gasteiger partial charge in [-0.3, -0.25) is 4.90 Å². The minimum atomic E-state index is -0.416. The molecule has 3 aromatic rings. The van der Waals surface area contributed by atoms with Gasteiger partial charge in [0.25, 0.3) is 0 Å². The van der Waals surface area contributed by atoms with Gasteiger partial charge in [-0.1, -0.05) is 41.9 Å². The molecular weight excluding hydrogens is 419 g/mol. The molecule has 0 aliphatic rings. The first kappa shape index (κ1) is 22.1. The topological polar surface area (TPSA) is 73.5 Å². The van der Waals surface area contributed by atoms with Crippen LogP contribution in [0.25, 0.3) is 0 Å². The van der Waals surface area contributed by atoms with E-state index < -0.39 is 11.8 Å². The molecular formula is C23H22ClFN4O2. The Morgan fingerprint density at radius 2 is 1.55 bits per heavy atom. The Kier molecular flexibility index (Phi) is 7.84. The van der Waals surface area contributed by atoms with E-state index in [4.69, 9.17) is 11.6 Å². The summed E-state index contributed by atoms with van der Waals surface area (Å²) in [7, 11) is 0. The lowest BCUT2D eigenvalue weighted by molar-refractivity contribution is 0.240. The molecule has 4 amide bonds. The Hall–Kier alpha value is -3.58. The molecule has 0 bridgehead atoms. The highest BCUT2D eigenvalue weighted by Crippen LogP contribution is 2.18. The average molecular weight is 441 g/mol. The Morgan fingerprint density at radius 3 is 2.23 bits per heavy atom. The van der Waals surface area contributed by atoms with Gasteiger partial charge in [0.15, 0.2) is 0 Å². The third-order valence-electron chi connectivity index (χ3n) is 4.40. The van der Waals surface area contributed by atoms with Crippen LogP contribution in [0.5, 0.6) is 0 Å². The number of hydrogen-bond donors (Lipinski definition) is 3. The number of hydrogen-bond acceptors (Lipinski definition) is 2. The second kappa shape index (κ2) is 11.0. The molecule has 6 nitrogen and oxygen atoms in total. The zero-order chi connectivity index (χ0) is 22.1. The molecule has 31 heavy (non-hydrogen) atoms. The van der Waals surface area contributed by atoms with Crippen LogP contribution >= 0.6 is 11.6 Å². The second-order valence-electron chi connectivity index (χ2n) is 6.66. The molecule has 160 valence electrons. The number of anilines is 2. The van der Waals surface area contributed by atoms with E-state index in [0.29, 0.717) is 22.9 Å². The van der Waals surface area contributed by atoms with Gasteiger partial charge in [-0.05, 0) is 54.1 Å². The second-order valence-corrected chi connectivity index (χ2v) is 7.10. The highest BCUT2D eigenvalue weighted by molar-refractivity contribution is 6.30. The zero-order valence-corrected chi connectivity index (χ0v) is 17.4. The van der Waals surface area contributed by atoms with E-state index in [1.807, 2.05) is 30.3 Å². The van der Waals surface area contributed by atoms with Crippen molar-refractivity contribution >= 4 is 35.0 Å². The minimum Gasteiger partial charge on any atom is -0.336 e. The maximum absolute atomic E-state index is 13.3. The Bertz CT molecular complexity index is 998. The van der Waals surface area contributed by atoms with Crippen LogP contribution in [0.1, 0.15) is 5.56 Å². The van der Waals surface area contributed by atoms with E-state index in [0.717, 1.165) is 5.56 Å². The smallest absolute Gasteiger partial charge is 0.326 e. The van der Waals surface area contributed by atoms with Crippen molar-refractivity contribution in [2.45, 2.75) is 6.54 Å². The van der Waals surface area contributed by atoms with Crippen molar-refractivity contribution in [2.75, 3.05) is 23.3 Å². The summed E-state index contributed by atoms with van der Waals surface area (Å²) in [6.07, 6.45) is 0. The highest BCUT2D eigenvalue weighted by Gasteiger charge is 2.16. The third kappa shape index (κ3) is 7.01. The molecule has 0 atom stereocenters. The van der Waals surface area contributed by atoms with Crippen molar-refractivity contribution < 1.29 is 14.0 Å². The Labute approximate surface area is 185 Å². The summed E-state index contributed by atoms with van der Waals surface area (Å²) in [5, 5.41) is 8.82. The fourth-order valence-corrected chi connectivity index (χ4v) is 2.94. The van der Waals surface area contributed by atoms with Crippen molar-refractivity contribution in [3.63, 3.8) is 0 Å². The molecule has 0 saturated heterocycles. The van der Waals surface area contributed by atoms with Gasteiger partial charge in [0, 0.05) is 36.0 Å². The molecule has 0 spiro atoms. The molecule has 3 aromatic carbocycles. The van der Waals surface area contributed by atoms with Crippen molar-refractivity contribution in [2.24, 2.45) is 0 Å². The van der Waals surface area contributed by atoms with E-state index in [1.54, 1.807) is 24.3 Å². The first-order valence-electron chi connectivity index (χ1n) is 9.66. The van der Waals surface area contributed by atoms with Crippen LogP contribution in [0.3, 0.4) is 0 Å². The molecule has 0 heterocycles. The van der Waals surface area contributed by atoms with E-state index in [2.05, 4.69) is 16.0 Å². The van der Waals surface area contributed by atoms with Gasteiger partial charge in [0.1, 0.15) is 5.82 Å². The normalized spacial score (nSPS) is 10.3. The largest absolute Gasteiger partial charge is 0.336 e. The number of nitrogens with one attached hydrogen (secondary N) is 3. The number of carbonyl (C=O) groups is 2. The summed E-state index contributed by atoms with van der Waals surface area (Å²) >= 11 is 5.88. The summed E-state index contributed by atoms with van der Waals surface area (Å²) in [4.78, 5) is 26.3. The van der Waals surface area contributed by atoms with Crippen molar-refractivity contribution in [3.8, 4) is 0 Å². The van der Waals surface area contributed by atoms with Gasteiger partial charge in [0.2, 0.25) is 0 Å². The predicted octanol–water partition coefficient (Wildman–Crippen LogP) is 5.02. The number of amides is 4. The zero-order valence-electron chi connectivity index (χ0n) is 16.6. The number of carbonyl (C=O) groups excluding carboxylic acids is 2. The van der Waals surface area contributed by atoms with Crippen LogP contribution in [-0.2, 0) is 6.54 Å². The molecule has 0 unspecified atom stereocenters. The summed E-state index contributed by atoms with van der Waals surface area (Å²) in [6, 6.07) is 21.0. The maximum Gasteiger partial charge on any atom is 0.326 e. The molecule has 0 radical (unpaired) electrons. The molecule has 0 aromatic heterocycles. The van der Waals surface area contributed by atoms with Crippen LogP contribution in [0.4, 0.5) is 25.4 Å². The van der Waals surface area contributed by atoms with Crippen LogP contribution in [-0.4, -0.2) is 25.2 Å². The third-order valence-corrected chi connectivity index (χ3v) is 4.65. The summed E-state index contributed by atoms with van der Waals surface area (Å²) in [6.45, 7) is 0.779. The number of urea groups is 2.